The van der Waals surface area contributed by atoms with E-state index in [1.54, 1.807) is 0 Å². The molecule has 18 heavy (non-hydrogen) atoms. The highest BCUT2D eigenvalue weighted by molar-refractivity contribution is 5.47. The maximum Gasteiger partial charge on any atom is 0.573 e. The molecule has 0 fully saturated rings. The third kappa shape index (κ3) is 3.14. The van der Waals surface area contributed by atoms with Crippen molar-refractivity contribution >= 4 is 0 Å². The SMILES string of the molecule is Oc1c(CF)ncc(OC(F)(F)F)c1C(F)(F)F. The summed E-state index contributed by atoms with van der Waals surface area (Å²) in [4.78, 5) is 2.91. The van der Waals surface area contributed by atoms with Gasteiger partial charge in [0.25, 0.3) is 0 Å². The molecule has 0 aliphatic rings. The Hall–Kier alpha value is -1.74. The van der Waals surface area contributed by atoms with Crippen molar-refractivity contribution in [3.8, 4) is 11.5 Å². The second kappa shape index (κ2) is 4.50. The maximum atomic E-state index is 12.4. The van der Waals surface area contributed by atoms with Crippen LogP contribution in [-0.2, 0) is 12.9 Å². The average Bonchev–Trinajstić information content (AvgIpc) is 2.13. The number of halogens is 7. The van der Waals surface area contributed by atoms with Crippen LogP contribution in [0.2, 0.25) is 0 Å². The molecule has 102 valence electrons. The Morgan fingerprint density at radius 2 is 1.72 bits per heavy atom. The molecule has 0 aromatic carbocycles. The highest BCUT2D eigenvalue weighted by Gasteiger charge is 2.43. The van der Waals surface area contributed by atoms with Crippen molar-refractivity contribution in [1.82, 2.24) is 4.98 Å². The van der Waals surface area contributed by atoms with Gasteiger partial charge in [-0.2, -0.15) is 13.2 Å². The van der Waals surface area contributed by atoms with Crippen molar-refractivity contribution in [3.05, 3.63) is 17.5 Å². The fraction of sp³-hybridized carbons (Fsp3) is 0.375. The predicted molar refractivity (Wildman–Crippen MR) is 42.4 cm³/mol. The number of aromatic nitrogens is 1. The van der Waals surface area contributed by atoms with E-state index in [0.717, 1.165) is 0 Å². The number of aromatic hydroxyl groups is 1. The fourth-order valence-electron chi connectivity index (χ4n) is 1.10. The van der Waals surface area contributed by atoms with Gasteiger partial charge < -0.3 is 9.84 Å². The first-order chi connectivity index (χ1) is 8.06. The van der Waals surface area contributed by atoms with Crippen molar-refractivity contribution in [2.75, 3.05) is 0 Å². The summed E-state index contributed by atoms with van der Waals surface area (Å²) in [5.74, 6) is -3.48. The highest BCUT2D eigenvalue weighted by Crippen LogP contribution is 2.44. The Bertz CT molecular complexity index is 440. The first kappa shape index (κ1) is 14.3. The van der Waals surface area contributed by atoms with Crippen LogP contribution in [0.15, 0.2) is 6.20 Å². The molecule has 0 aliphatic heterocycles. The molecule has 1 N–H and O–H groups in total. The molecule has 1 rings (SSSR count). The molecule has 10 heteroatoms. The summed E-state index contributed by atoms with van der Waals surface area (Å²) in [6, 6.07) is 0. The lowest BCUT2D eigenvalue weighted by atomic mass is 10.2. The smallest absolute Gasteiger partial charge is 0.505 e. The number of alkyl halides is 7. The van der Waals surface area contributed by atoms with Crippen LogP contribution >= 0.6 is 0 Å². The molecule has 0 unspecified atom stereocenters. The van der Waals surface area contributed by atoms with Gasteiger partial charge in [-0.15, -0.1) is 13.2 Å². The van der Waals surface area contributed by atoms with Crippen LogP contribution in [0.5, 0.6) is 11.5 Å². The van der Waals surface area contributed by atoms with Crippen LogP contribution in [0.4, 0.5) is 30.7 Å². The molecule has 0 saturated carbocycles. The lowest BCUT2D eigenvalue weighted by Crippen LogP contribution is -2.20. The molecular weight excluding hydrogens is 275 g/mol. The molecule has 3 nitrogen and oxygen atoms in total. The molecule has 0 bridgehead atoms. The number of hydrogen-bond acceptors (Lipinski definition) is 3. The summed E-state index contributed by atoms with van der Waals surface area (Å²) >= 11 is 0. The molecule has 1 aromatic heterocycles. The molecular formula is C8H4F7NO2. The topological polar surface area (TPSA) is 42.4 Å². The van der Waals surface area contributed by atoms with Crippen molar-refractivity contribution < 1.29 is 40.6 Å². The van der Waals surface area contributed by atoms with Gasteiger partial charge in [0, 0.05) is 0 Å². The normalized spacial score (nSPS) is 12.6. The van der Waals surface area contributed by atoms with E-state index in [1.807, 2.05) is 0 Å². The summed E-state index contributed by atoms with van der Waals surface area (Å²) in [5, 5.41) is 9.03. The molecule has 1 heterocycles. The van der Waals surface area contributed by atoms with Gasteiger partial charge in [-0.25, -0.2) is 4.39 Å². The minimum absolute atomic E-state index is 0.0466. The van der Waals surface area contributed by atoms with Gasteiger partial charge >= 0.3 is 12.5 Å². The van der Waals surface area contributed by atoms with Crippen LogP contribution < -0.4 is 4.74 Å². The second-order valence-corrected chi connectivity index (χ2v) is 2.97. The number of ether oxygens (including phenoxy) is 1. The Labute approximate surface area is 94.8 Å². The minimum Gasteiger partial charge on any atom is -0.505 e. The number of hydrogen-bond donors (Lipinski definition) is 1. The standard InChI is InChI=1S/C8H4F7NO2/c9-1-3-6(17)5(7(10,11)12)4(2-16-3)18-8(13,14)15/h2,17H,1H2. The van der Waals surface area contributed by atoms with Crippen molar-refractivity contribution in [2.24, 2.45) is 0 Å². The van der Waals surface area contributed by atoms with Crippen LogP contribution in [0.25, 0.3) is 0 Å². The van der Waals surface area contributed by atoms with E-state index < -0.39 is 42.0 Å². The summed E-state index contributed by atoms with van der Waals surface area (Å²) < 4.78 is 88.1. The van der Waals surface area contributed by atoms with Crippen LogP contribution in [0, 0.1) is 0 Å². The summed E-state index contributed by atoms with van der Waals surface area (Å²) in [7, 11) is 0. The van der Waals surface area contributed by atoms with E-state index in [2.05, 4.69) is 9.72 Å². The monoisotopic (exact) mass is 279 g/mol. The average molecular weight is 279 g/mol. The zero-order valence-corrected chi connectivity index (χ0v) is 8.23. The van der Waals surface area contributed by atoms with Gasteiger partial charge in [0.15, 0.2) is 11.5 Å². The van der Waals surface area contributed by atoms with Crippen molar-refractivity contribution in [2.45, 2.75) is 19.2 Å². The van der Waals surface area contributed by atoms with E-state index in [9.17, 15) is 30.7 Å². The van der Waals surface area contributed by atoms with Crippen LogP contribution in [0.3, 0.4) is 0 Å². The van der Waals surface area contributed by atoms with Gasteiger partial charge in [0.2, 0.25) is 0 Å². The fourth-order valence-corrected chi connectivity index (χ4v) is 1.10. The molecule has 0 radical (unpaired) electrons. The van der Waals surface area contributed by atoms with Gasteiger partial charge in [-0.3, -0.25) is 4.98 Å². The lowest BCUT2D eigenvalue weighted by Gasteiger charge is -2.16. The Balaban J connectivity index is 3.39. The molecule has 0 aliphatic carbocycles. The van der Waals surface area contributed by atoms with E-state index in [0.29, 0.717) is 0 Å². The molecule has 1 aromatic rings. The van der Waals surface area contributed by atoms with Gasteiger partial charge in [0.1, 0.15) is 17.9 Å². The number of rotatable bonds is 2. The summed E-state index contributed by atoms with van der Waals surface area (Å²) in [5.41, 5.74) is -3.15. The largest absolute Gasteiger partial charge is 0.573 e. The second-order valence-electron chi connectivity index (χ2n) is 2.97. The Morgan fingerprint density at radius 1 is 1.17 bits per heavy atom. The zero-order valence-electron chi connectivity index (χ0n) is 8.23. The molecule has 0 amide bonds. The minimum atomic E-state index is -5.40. The first-order valence-electron chi connectivity index (χ1n) is 4.16. The van der Waals surface area contributed by atoms with E-state index in [-0.39, 0.29) is 6.20 Å². The van der Waals surface area contributed by atoms with Crippen LogP contribution in [-0.4, -0.2) is 16.5 Å². The van der Waals surface area contributed by atoms with E-state index >= 15 is 0 Å². The Morgan fingerprint density at radius 3 is 2.11 bits per heavy atom. The quantitative estimate of drug-likeness (QED) is 0.845. The Kier molecular flexibility index (Phi) is 3.58. The summed E-state index contributed by atoms with van der Waals surface area (Å²) in [6.07, 6.45) is -10.7. The lowest BCUT2D eigenvalue weighted by molar-refractivity contribution is -0.276. The first-order valence-corrected chi connectivity index (χ1v) is 4.16. The van der Waals surface area contributed by atoms with Gasteiger partial charge in [-0.1, -0.05) is 0 Å². The number of nitrogens with zero attached hydrogens (tertiary/aromatic N) is 1. The van der Waals surface area contributed by atoms with Gasteiger partial charge in [0.05, 0.1) is 6.20 Å². The third-order valence-electron chi connectivity index (χ3n) is 1.73. The van der Waals surface area contributed by atoms with E-state index in [4.69, 9.17) is 5.11 Å². The molecule has 0 atom stereocenters. The van der Waals surface area contributed by atoms with Crippen molar-refractivity contribution in [3.63, 3.8) is 0 Å². The molecule has 0 spiro atoms. The predicted octanol–water partition coefficient (Wildman–Crippen LogP) is 3.17. The van der Waals surface area contributed by atoms with Gasteiger partial charge in [-0.05, 0) is 0 Å². The van der Waals surface area contributed by atoms with E-state index in [1.165, 1.54) is 0 Å². The van der Waals surface area contributed by atoms with Crippen molar-refractivity contribution in [1.29, 1.82) is 0 Å². The highest BCUT2D eigenvalue weighted by atomic mass is 19.4. The maximum absolute atomic E-state index is 12.4. The van der Waals surface area contributed by atoms with Crippen LogP contribution in [0.1, 0.15) is 11.3 Å². The number of pyridine rings is 1. The third-order valence-corrected chi connectivity index (χ3v) is 1.73. The zero-order chi connectivity index (χ0) is 14.1. The molecule has 0 saturated heterocycles. The summed E-state index contributed by atoms with van der Waals surface area (Å²) in [6.45, 7) is -1.57.